The first kappa shape index (κ1) is 32.3. The van der Waals surface area contributed by atoms with E-state index in [1.54, 1.807) is 57.3 Å². The van der Waals surface area contributed by atoms with E-state index in [-0.39, 0.29) is 41.4 Å². The van der Waals surface area contributed by atoms with Gasteiger partial charge in [-0.25, -0.2) is 0 Å². The monoisotopic (exact) mass is 606 g/mol. The lowest BCUT2D eigenvalue weighted by atomic mass is 9.79. The number of benzene rings is 1. The van der Waals surface area contributed by atoms with Crippen LogP contribution in [-0.4, -0.2) is 40.6 Å². The summed E-state index contributed by atoms with van der Waals surface area (Å²) in [4.78, 5) is 45.5. The highest BCUT2D eigenvalue weighted by atomic mass is 19.3. The molecule has 0 saturated carbocycles. The number of ketones is 2. The SMILES string of the molecule is COC(=O)C(C)(C)Cc1c(C(=O)C(C)(C)C)c2cc(OCc3cccc(C)n3)ccn2c1C(=O)c1ccc(OC(F)F)cc1. The summed E-state index contributed by atoms with van der Waals surface area (Å²) in [7, 11) is 1.28. The molecule has 0 spiro atoms. The van der Waals surface area contributed by atoms with Crippen LogP contribution in [0, 0.1) is 17.8 Å². The third-order valence-corrected chi connectivity index (χ3v) is 7.17. The predicted octanol–water partition coefficient (Wildman–Crippen LogP) is 7.02. The van der Waals surface area contributed by atoms with E-state index in [2.05, 4.69) is 9.72 Å². The van der Waals surface area contributed by atoms with E-state index in [1.165, 1.54) is 31.4 Å². The maximum absolute atomic E-state index is 14.2. The van der Waals surface area contributed by atoms with Gasteiger partial charge < -0.3 is 18.6 Å². The number of aromatic nitrogens is 2. The van der Waals surface area contributed by atoms with Crippen LogP contribution >= 0.6 is 0 Å². The van der Waals surface area contributed by atoms with Gasteiger partial charge in [0.2, 0.25) is 5.78 Å². The Labute approximate surface area is 255 Å². The molecule has 10 heteroatoms. The van der Waals surface area contributed by atoms with E-state index >= 15 is 0 Å². The Morgan fingerprint density at radius 1 is 0.955 bits per heavy atom. The summed E-state index contributed by atoms with van der Waals surface area (Å²) in [5.41, 5.74) is 1.06. The summed E-state index contributed by atoms with van der Waals surface area (Å²) in [6.45, 7) is 7.75. The number of esters is 1. The Balaban J connectivity index is 1.93. The molecule has 1 aromatic carbocycles. The van der Waals surface area contributed by atoms with Crippen LogP contribution in [0.2, 0.25) is 0 Å². The molecule has 0 N–H and O–H groups in total. The lowest BCUT2D eigenvalue weighted by Gasteiger charge is -2.24. The van der Waals surface area contributed by atoms with Crippen molar-refractivity contribution >= 4 is 23.1 Å². The van der Waals surface area contributed by atoms with Gasteiger partial charge in [0.05, 0.1) is 29.4 Å². The molecule has 0 bridgehead atoms. The van der Waals surface area contributed by atoms with Gasteiger partial charge in [-0.05, 0) is 75.2 Å². The average molecular weight is 607 g/mol. The van der Waals surface area contributed by atoms with Crippen molar-refractivity contribution < 1.29 is 37.4 Å². The fourth-order valence-corrected chi connectivity index (χ4v) is 4.98. The number of carbonyl (C=O) groups is 3. The number of methoxy groups -OCH3 is 1. The van der Waals surface area contributed by atoms with Gasteiger partial charge in [-0.15, -0.1) is 0 Å². The van der Waals surface area contributed by atoms with Gasteiger partial charge in [0.15, 0.2) is 5.78 Å². The number of nitrogens with zero attached hydrogens (tertiary/aromatic N) is 2. The molecule has 3 aromatic heterocycles. The third kappa shape index (κ3) is 6.96. The first-order chi connectivity index (χ1) is 20.6. The number of aryl methyl sites for hydroxylation is 1. The van der Waals surface area contributed by atoms with E-state index in [1.807, 2.05) is 25.1 Å². The molecule has 0 amide bonds. The molecule has 0 unspecified atom stereocenters. The minimum absolute atomic E-state index is 0.00948. The normalized spacial score (nSPS) is 12.0. The highest BCUT2D eigenvalue weighted by molar-refractivity contribution is 6.15. The van der Waals surface area contributed by atoms with Crippen LogP contribution in [0.1, 0.15) is 78.0 Å². The Morgan fingerprint density at radius 3 is 2.23 bits per heavy atom. The molecule has 0 aliphatic rings. The summed E-state index contributed by atoms with van der Waals surface area (Å²) in [6.07, 6.45) is 1.65. The van der Waals surface area contributed by atoms with E-state index in [0.29, 0.717) is 16.8 Å². The molecule has 8 nitrogen and oxygen atoms in total. The van der Waals surface area contributed by atoms with Crippen molar-refractivity contribution in [2.75, 3.05) is 7.11 Å². The van der Waals surface area contributed by atoms with E-state index in [4.69, 9.17) is 9.47 Å². The molecule has 232 valence electrons. The maximum Gasteiger partial charge on any atom is 0.387 e. The van der Waals surface area contributed by atoms with Gasteiger partial charge in [-0.1, -0.05) is 26.8 Å². The van der Waals surface area contributed by atoms with Crippen LogP contribution in [0.5, 0.6) is 11.5 Å². The summed E-state index contributed by atoms with van der Waals surface area (Å²) < 4.78 is 42.6. The smallest absolute Gasteiger partial charge is 0.387 e. The molecule has 0 saturated heterocycles. The van der Waals surface area contributed by atoms with Crippen LogP contribution in [0.15, 0.2) is 60.8 Å². The number of rotatable bonds is 11. The number of carbonyl (C=O) groups excluding carboxylic acids is 3. The maximum atomic E-state index is 14.2. The molecular formula is C34H36F2N2O6. The number of fused-ring (bicyclic) bond motifs is 1. The molecule has 4 rings (SSSR count). The minimum atomic E-state index is -3.01. The quantitative estimate of drug-likeness (QED) is 0.134. The Morgan fingerprint density at radius 2 is 1.64 bits per heavy atom. The number of hydrogen-bond acceptors (Lipinski definition) is 7. The summed E-state index contributed by atoms with van der Waals surface area (Å²) in [6, 6.07) is 14.3. The largest absolute Gasteiger partial charge is 0.487 e. The molecular weight excluding hydrogens is 570 g/mol. The highest BCUT2D eigenvalue weighted by Crippen LogP contribution is 2.37. The Kier molecular flexibility index (Phi) is 9.22. The number of halogens is 2. The Bertz CT molecular complexity index is 1700. The van der Waals surface area contributed by atoms with Crippen molar-refractivity contribution in [3.63, 3.8) is 0 Å². The van der Waals surface area contributed by atoms with Gasteiger partial charge in [-0.3, -0.25) is 19.4 Å². The number of alkyl halides is 2. The van der Waals surface area contributed by atoms with Crippen molar-refractivity contribution in [3.8, 4) is 11.5 Å². The topological polar surface area (TPSA) is 96.2 Å². The van der Waals surface area contributed by atoms with Crippen molar-refractivity contribution in [2.24, 2.45) is 10.8 Å². The second kappa shape index (κ2) is 12.6. The summed E-state index contributed by atoms with van der Waals surface area (Å²) >= 11 is 0. The van der Waals surface area contributed by atoms with Crippen molar-refractivity contribution in [2.45, 2.75) is 61.2 Å². The molecule has 0 radical (unpaired) electrons. The van der Waals surface area contributed by atoms with Gasteiger partial charge in [0.25, 0.3) is 0 Å². The van der Waals surface area contributed by atoms with E-state index in [9.17, 15) is 23.2 Å². The van der Waals surface area contributed by atoms with Crippen molar-refractivity contribution in [3.05, 3.63) is 94.6 Å². The van der Waals surface area contributed by atoms with E-state index in [0.717, 1.165) is 11.4 Å². The molecule has 44 heavy (non-hydrogen) atoms. The lowest BCUT2D eigenvalue weighted by molar-refractivity contribution is -0.150. The standard InChI is InChI=1S/C34H36F2N2O6/c1-20-9-8-10-22(37-20)19-43-24-15-16-38-26(17-24)27(30(40)33(2,3)4)25(18-34(5,6)31(41)42-7)28(38)29(39)21-11-13-23(14-12-21)44-32(35)36/h8-17,32H,18-19H2,1-7H3. The molecule has 0 atom stereocenters. The van der Waals surface area contributed by atoms with Crippen LogP contribution in [0.25, 0.3) is 5.52 Å². The highest BCUT2D eigenvalue weighted by Gasteiger charge is 2.38. The number of ether oxygens (including phenoxy) is 3. The molecule has 0 aliphatic heterocycles. The number of pyridine rings is 2. The lowest BCUT2D eigenvalue weighted by Crippen LogP contribution is -2.30. The minimum Gasteiger partial charge on any atom is -0.487 e. The first-order valence-corrected chi connectivity index (χ1v) is 14.1. The molecule has 0 aliphatic carbocycles. The average Bonchev–Trinajstić information content (AvgIpc) is 3.26. The molecule has 4 aromatic rings. The Hall–Kier alpha value is -4.60. The van der Waals surface area contributed by atoms with Gasteiger partial charge in [-0.2, -0.15) is 8.78 Å². The molecule has 3 heterocycles. The fourth-order valence-electron chi connectivity index (χ4n) is 4.98. The number of hydrogen-bond donors (Lipinski definition) is 0. The van der Waals surface area contributed by atoms with E-state index < -0.39 is 29.2 Å². The van der Waals surface area contributed by atoms with Crippen LogP contribution in [0.4, 0.5) is 8.78 Å². The van der Waals surface area contributed by atoms with Gasteiger partial charge >= 0.3 is 12.6 Å². The van der Waals surface area contributed by atoms with Crippen molar-refractivity contribution in [1.82, 2.24) is 9.38 Å². The van der Waals surface area contributed by atoms with Crippen LogP contribution in [-0.2, 0) is 22.6 Å². The summed E-state index contributed by atoms with van der Waals surface area (Å²) in [5.74, 6) is -0.860. The second-order valence-electron chi connectivity index (χ2n) is 12.2. The molecule has 0 fully saturated rings. The van der Waals surface area contributed by atoms with Gasteiger partial charge in [0, 0.05) is 34.5 Å². The zero-order chi connectivity index (χ0) is 32.4. The second-order valence-corrected chi connectivity index (χ2v) is 12.2. The number of Topliss-reactive ketones (excluding diaryl/α,β-unsaturated/α-hetero) is 1. The predicted molar refractivity (Wildman–Crippen MR) is 160 cm³/mol. The fraction of sp³-hybridized carbons (Fsp3) is 0.353. The summed E-state index contributed by atoms with van der Waals surface area (Å²) in [5, 5.41) is 0. The zero-order valence-electron chi connectivity index (χ0n) is 25.9. The van der Waals surface area contributed by atoms with Crippen LogP contribution in [0.3, 0.4) is 0 Å². The van der Waals surface area contributed by atoms with Gasteiger partial charge in [0.1, 0.15) is 18.1 Å². The van der Waals surface area contributed by atoms with Crippen LogP contribution < -0.4 is 9.47 Å². The third-order valence-electron chi connectivity index (χ3n) is 7.17. The zero-order valence-corrected chi connectivity index (χ0v) is 25.9. The van der Waals surface area contributed by atoms with Crippen molar-refractivity contribution in [1.29, 1.82) is 0 Å². The first-order valence-electron chi connectivity index (χ1n) is 14.1.